The van der Waals surface area contributed by atoms with Crippen LogP contribution in [0.5, 0.6) is 0 Å². The Kier molecular flexibility index (Phi) is 1.02. The van der Waals surface area contributed by atoms with Crippen LogP contribution in [0.1, 0.15) is 5.56 Å². The molecule has 2 aliphatic rings. The van der Waals surface area contributed by atoms with Gasteiger partial charge in [0.15, 0.2) is 0 Å². The first-order valence-electron chi connectivity index (χ1n) is 2.77. The van der Waals surface area contributed by atoms with Gasteiger partial charge in [0.25, 0.3) is 0 Å². The van der Waals surface area contributed by atoms with E-state index in [1.54, 1.807) is 17.8 Å². The molecule has 1 aromatic carbocycles. The number of hydrogen-bond acceptors (Lipinski definition) is 1. The maximum absolute atomic E-state index is 12.6. The van der Waals surface area contributed by atoms with Crippen LogP contribution in [0.15, 0.2) is 23.1 Å². The Morgan fingerprint density at radius 2 is 2.33 bits per heavy atom. The van der Waals surface area contributed by atoms with Crippen molar-refractivity contribution in [2.24, 2.45) is 0 Å². The van der Waals surface area contributed by atoms with Crippen molar-refractivity contribution in [3.63, 3.8) is 0 Å². The summed E-state index contributed by atoms with van der Waals surface area (Å²) in [6, 6.07) is 5.40. The van der Waals surface area contributed by atoms with Gasteiger partial charge in [-0.3, -0.25) is 0 Å². The highest BCUT2D eigenvalue weighted by atomic mass is 32.2. The van der Waals surface area contributed by atoms with E-state index in [1.807, 2.05) is 12.1 Å². The summed E-state index contributed by atoms with van der Waals surface area (Å²) in [7, 11) is 0. The minimum Gasteiger partial charge on any atom is -0.206 e. The van der Waals surface area contributed by atoms with Gasteiger partial charge in [-0.1, -0.05) is 6.07 Å². The Labute approximate surface area is 57.1 Å². The molecule has 0 unspecified atom stereocenters. The van der Waals surface area contributed by atoms with Crippen LogP contribution >= 0.6 is 11.8 Å². The van der Waals surface area contributed by atoms with Crippen molar-refractivity contribution < 1.29 is 4.39 Å². The first-order valence-corrected chi connectivity index (χ1v) is 3.76. The molecule has 2 heteroatoms. The van der Waals surface area contributed by atoms with Crippen molar-refractivity contribution in [1.29, 1.82) is 0 Å². The molecule has 0 amide bonds. The van der Waals surface area contributed by atoms with Crippen molar-refractivity contribution in [2.45, 2.75) is 10.6 Å². The van der Waals surface area contributed by atoms with Gasteiger partial charge in [-0.15, -0.1) is 11.8 Å². The maximum Gasteiger partial charge on any atom is 0.137 e. The van der Waals surface area contributed by atoms with Crippen LogP contribution in [0.3, 0.4) is 0 Å². The van der Waals surface area contributed by atoms with Crippen LogP contribution in [0.25, 0.3) is 0 Å². The molecule has 2 bridgehead atoms. The number of fused-ring (bicyclic) bond motifs is 3. The third kappa shape index (κ3) is 0.741. The summed E-state index contributed by atoms with van der Waals surface area (Å²) >= 11 is 1.57. The second kappa shape index (κ2) is 1.74. The quantitative estimate of drug-likeness (QED) is 0.533. The van der Waals surface area contributed by atoms with E-state index in [-0.39, 0.29) is 5.82 Å². The Balaban J connectivity index is 2.70. The van der Waals surface area contributed by atoms with Crippen LogP contribution in [-0.4, -0.2) is 0 Å². The predicted octanol–water partition coefficient (Wildman–Crippen LogP) is 2.43. The normalized spacial score (nSPS) is 14.3. The van der Waals surface area contributed by atoms with Crippen LogP contribution in [0, 0.1) is 5.82 Å². The molecular formula is C7H5FS. The van der Waals surface area contributed by atoms with Crippen LogP contribution in [0.4, 0.5) is 4.39 Å². The zero-order valence-electron chi connectivity index (χ0n) is 4.73. The summed E-state index contributed by atoms with van der Waals surface area (Å²) in [6.45, 7) is 0. The number of halogens is 1. The summed E-state index contributed by atoms with van der Waals surface area (Å²) < 4.78 is 12.6. The molecule has 1 aromatic rings. The standard InChI is InChI=1S/C7H5FS/c8-6-3-5-1-2-7(6)9-4-5/h1-3H,4H2. The third-order valence-electron chi connectivity index (χ3n) is 1.39. The van der Waals surface area contributed by atoms with Crippen LogP contribution < -0.4 is 0 Å². The number of rotatable bonds is 0. The van der Waals surface area contributed by atoms with E-state index in [2.05, 4.69) is 0 Å². The molecule has 9 heavy (non-hydrogen) atoms. The SMILES string of the molecule is Fc1cc2ccc1SC2. The number of benzene rings is 1. The Morgan fingerprint density at radius 3 is 2.56 bits per heavy atom. The molecule has 0 atom stereocenters. The highest BCUT2D eigenvalue weighted by molar-refractivity contribution is 7.98. The van der Waals surface area contributed by atoms with Gasteiger partial charge in [-0.05, 0) is 17.7 Å². The molecule has 3 rings (SSSR count). The van der Waals surface area contributed by atoms with Gasteiger partial charge in [0.05, 0.1) is 0 Å². The van der Waals surface area contributed by atoms with Gasteiger partial charge in [0, 0.05) is 10.6 Å². The lowest BCUT2D eigenvalue weighted by molar-refractivity contribution is 0.598. The van der Waals surface area contributed by atoms with Gasteiger partial charge >= 0.3 is 0 Å². The molecule has 0 nitrogen and oxygen atoms in total. The molecule has 0 fully saturated rings. The Hall–Kier alpha value is -0.500. The van der Waals surface area contributed by atoms with Crippen molar-refractivity contribution in [3.8, 4) is 0 Å². The van der Waals surface area contributed by atoms with E-state index in [9.17, 15) is 4.39 Å². The van der Waals surface area contributed by atoms with E-state index >= 15 is 0 Å². The molecule has 0 radical (unpaired) electrons. The second-order valence-corrected chi connectivity index (χ2v) is 3.07. The van der Waals surface area contributed by atoms with E-state index in [1.165, 1.54) is 0 Å². The van der Waals surface area contributed by atoms with E-state index in [0.717, 1.165) is 16.2 Å². The molecule has 0 aromatic heterocycles. The third-order valence-corrected chi connectivity index (χ3v) is 2.51. The highest BCUT2D eigenvalue weighted by Gasteiger charge is 2.09. The fourth-order valence-electron chi connectivity index (χ4n) is 0.912. The Morgan fingerprint density at radius 1 is 1.44 bits per heavy atom. The van der Waals surface area contributed by atoms with Gasteiger partial charge in [-0.2, -0.15) is 0 Å². The second-order valence-electron chi connectivity index (χ2n) is 2.05. The molecule has 46 valence electrons. The van der Waals surface area contributed by atoms with E-state index < -0.39 is 0 Å². The van der Waals surface area contributed by atoms with Crippen molar-refractivity contribution in [2.75, 3.05) is 0 Å². The van der Waals surface area contributed by atoms with Gasteiger partial charge < -0.3 is 0 Å². The van der Waals surface area contributed by atoms with Crippen LogP contribution in [0.2, 0.25) is 0 Å². The van der Waals surface area contributed by atoms with Crippen molar-refractivity contribution >= 4 is 11.8 Å². The fraction of sp³-hybridized carbons (Fsp3) is 0.143. The first-order chi connectivity index (χ1) is 4.36. The topological polar surface area (TPSA) is 0 Å². The average Bonchev–Trinajstić information content (AvgIpc) is 1.90. The summed E-state index contributed by atoms with van der Waals surface area (Å²) in [5.74, 6) is 0.878. The largest absolute Gasteiger partial charge is 0.206 e. The predicted molar refractivity (Wildman–Crippen MR) is 36.0 cm³/mol. The molecule has 0 saturated heterocycles. The number of hydrogen-bond donors (Lipinski definition) is 0. The zero-order chi connectivity index (χ0) is 6.27. The first kappa shape index (κ1) is 5.30. The molecule has 2 aliphatic heterocycles. The average molecular weight is 140 g/mol. The van der Waals surface area contributed by atoms with Gasteiger partial charge in [0.2, 0.25) is 0 Å². The lowest BCUT2D eigenvalue weighted by Gasteiger charge is -2.10. The Bertz CT molecular complexity index is 245. The van der Waals surface area contributed by atoms with Crippen molar-refractivity contribution in [1.82, 2.24) is 0 Å². The lowest BCUT2D eigenvalue weighted by Crippen LogP contribution is -1.92. The highest BCUT2D eigenvalue weighted by Crippen LogP contribution is 2.31. The molecular weight excluding hydrogens is 135 g/mol. The molecule has 0 aliphatic carbocycles. The van der Waals surface area contributed by atoms with E-state index in [4.69, 9.17) is 0 Å². The summed E-state index contributed by atoms with van der Waals surface area (Å²) in [6.07, 6.45) is 0. The summed E-state index contributed by atoms with van der Waals surface area (Å²) in [5.41, 5.74) is 1.09. The smallest absolute Gasteiger partial charge is 0.137 e. The fourth-order valence-corrected chi connectivity index (χ4v) is 1.78. The van der Waals surface area contributed by atoms with Crippen molar-refractivity contribution in [3.05, 3.63) is 29.6 Å². The summed E-state index contributed by atoms with van der Waals surface area (Å²) in [5, 5.41) is 0. The van der Waals surface area contributed by atoms with E-state index in [0.29, 0.717) is 0 Å². The maximum atomic E-state index is 12.6. The lowest BCUT2D eigenvalue weighted by atomic mass is 10.2. The molecule has 0 N–H and O–H groups in total. The van der Waals surface area contributed by atoms with Gasteiger partial charge in [-0.25, -0.2) is 4.39 Å². The molecule has 0 saturated carbocycles. The summed E-state index contributed by atoms with van der Waals surface area (Å²) in [4.78, 5) is 0.782. The minimum atomic E-state index is -0.0660. The number of thioether (sulfide) groups is 1. The monoisotopic (exact) mass is 140 g/mol. The van der Waals surface area contributed by atoms with Crippen LogP contribution in [-0.2, 0) is 5.75 Å². The molecule has 0 spiro atoms. The minimum absolute atomic E-state index is 0.0660. The zero-order valence-corrected chi connectivity index (χ0v) is 5.54. The molecule has 2 heterocycles. The van der Waals surface area contributed by atoms with Gasteiger partial charge in [0.1, 0.15) is 5.82 Å².